The third-order valence-electron chi connectivity index (χ3n) is 2.61. The van der Waals surface area contributed by atoms with E-state index >= 15 is 0 Å². The van der Waals surface area contributed by atoms with Crippen LogP contribution in [0, 0.1) is 17.1 Å². The van der Waals surface area contributed by atoms with Gasteiger partial charge in [0.15, 0.2) is 5.78 Å². The lowest BCUT2D eigenvalue weighted by Gasteiger charge is -2.09. The van der Waals surface area contributed by atoms with Gasteiger partial charge in [-0.15, -0.1) is 0 Å². The van der Waals surface area contributed by atoms with Gasteiger partial charge in [0.25, 0.3) is 0 Å². The maximum absolute atomic E-state index is 13.7. The summed E-state index contributed by atoms with van der Waals surface area (Å²) in [6, 6.07) is 8.83. The smallest absolute Gasteiger partial charge is 0.187 e. The molecule has 0 fully saturated rings. The second-order valence-corrected chi connectivity index (χ2v) is 4.27. The Morgan fingerprint density at radius 3 is 2.79 bits per heavy atom. The van der Waals surface area contributed by atoms with Crippen LogP contribution in [0.3, 0.4) is 0 Å². The molecule has 5 heteroatoms. The van der Waals surface area contributed by atoms with Gasteiger partial charge in [-0.05, 0) is 29.8 Å². The minimum Gasteiger partial charge on any atom is -0.292 e. The predicted octanol–water partition coefficient (Wildman–Crippen LogP) is 3.36. The first kappa shape index (κ1) is 13.2. The highest BCUT2D eigenvalue weighted by molar-refractivity contribution is 6.30. The number of nitrogens with zero attached hydrogens (tertiary/aromatic N) is 2. The quantitative estimate of drug-likeness (QED) is 0.807. The molecule has 1 aromatic carbocycles. The number of carbonyl (C=O) groups excluding carboxylic acids is 1. The fourth-order valence-electron chi connectivity index (χ4n) is 1.68. The van der Waals surface area contributed by atoms with Crippen LogP contribution in [0.4, 0.5) is 4.39 Å². The number of hydrogen-bond donors (Lipinski definition) is 0. The normalized spacial score (nSPS) is 11.6. The zero-order valence-corrected chi connectivity index (χ0v) is 10.4. The maximum Gasteiger partial charge on any atom is 0.187 e. The molecule has 2 aromatic rings. The van der Waals surface area contributed by atoms with Crippen LogP contribution in [0.5, 0.6) is 0 Å². The molecule has 3 nitrogen and oxygen atoms in total. The van der Waals surface area contributed by atoms with Crippen molar-refractivity contribution >= 4 is 17.4 Å². The highest BCUT2D eigenvalue weighted by Crippen LogP contribution is 2.23. The van der Waals surface area contributed by atoms with Crippen LogP contribution in [0.1, 0.15) is 21.8 Å². The summed E-state index contributed by atoms with van der Waals surface area (Å²) >= 11 is 5.63. The van der Waals surface area contributed by atoms with Crippen molar-refractivity contribution in [3.05, 3.63) is 64.7 Å². The zero-order chi connectivity index (χ0) is 13.8. The zero-order valence-electron chi connectivity index (χ0n) is 9.68. The molecule has 1 heterocycles. The molecule has 0 radical (unpaired) electrons. The summed E-state index contributed by atoms with van der Waals surface area (Å²) in [5.41, 5.74) is 0.282. The van der Waals surface area contributed by atoms with Crippen molar-refractivity contribution in [2.24, 2.45) is 0 Å². The van der Waals surface area contributed by atoms with E-state index in [1.165, 1.54) is 24.5 Å². The van der Waals surface area contributed by atoms with Gasteiger partial charge < -0.3 is 0 Å². The predicted molar refractivity (Wildman–Crippen MR) is 68.3 cm³/mol. The van der Waals surface area contributed by atoms with Gasteiger partial charge in [-0.1, -0.05) is 17.7 Å². The van der Waals surface area contributed by atoms with Gasteiger partial charge in [-0.2, -0.15) is 5.26 Å². The van der Waals surface area contributed by atoms with E-state index in [2.05, 4.69) is 4.98 Å². The summed E-state index contributed by atoms with van der Waals surface area (Å²) in [7, 11) is 0. The summed E-state index contributed by atoms with van der Waals surface area (Å²) in [6.07, 6.45) is 2.95. The number of Topliss-reactive ketones (excluding diaryl/α,β-unsaturated/α-hetero) is 1. The monoisotopic (exact) mass is 274 g/mol. The van der Waals surface area contributed by atoms with Crippen LogP contribution >= 0.6 is 11.6 Å². The summed E-state index contributed by atoms with van der Waals surface area (Å²) in [5, 5.41) is 9.31. The Labute approximate surface area is 114 Å². The molecule has 0 bridgehead atoms. The number of nitriles is 1. The third kappa shape index (κ3) is 2.78. The molecule has 0 aliphatic carbocycles. The molecule has 19 heavy (non-hydrogen) atoms. The maximum atomic E-state index is 13.7. The summed E-state index contributed by atoms with van der Waals surface area (Å²) in [4.78, 5) is 16.0. The van der Waals surface area contributed by atoms with Crippen molar-refractivity contribution in [3.8, 4) is 6.07 Å². The highest BCUT2D eigenvalue weighted by Gasteiger charge is 2.24. The second kappa shape index (κ2) is 5.59. The molecule has 0 saturated carbocycles. The number of rotatable bonds is 3. The molecular formula is C14H8ClFN2O. The number of benzene rings is 1. The third-order valence-corrected chi connectivity index (χ3v) is 2.84. The first-order valence-corrected chi connectivity index (χ1v) is 5.80. The Hall–Kier alpha value is -2.25. The lowest BCUT2D eigenvalue weighted by Crippen LogP contribution is -2.13. The van der Waals surface area contributed by atoms with E-state index in [1.54, 1.807) is 12.1 Å². The van der Waals surface area contributed by atoms with E-state index < -0.39 is 17.5 Å². The first-order valence-electron chi connectivity index (χ1n) is 5.42. The molecule has 0 N–H and O–H groups in total. The molecule has 1 unspecified atom stereocenters. The Kier molecular flexibility index (Phi) is 3.88. The van der Waals surface area contributed by atoms with E-state index in [0.29, 0.717) is 5.56 Å². The Morgan fingerprint density at radius 1 is 1.42 bits per heavy atom. The minimum atomic E-state index is -1.08. The molecule has 0 spiro atoms. The van der Waals surface area contributed by atoms with Gasteiger partial charge in [-0.25, -0.2) is 4.39 Å². The van der Waals surface area contributed by atoms with Crippen molar-refractivity contribution in [3.63, 3.8) is 0 Å². The second-order valence-electron chi connectivity index (χ2n) is 3.84. The lowest BCUT2D eigenvalue weighted by atomic mass is 9.93. The molecule has 2 rings (SSSR count). The molecule has 0 aliphatic heterocycles. The Bertz CT molecular complexity index is 652. The largest absolute Gasteiger partial charge is 0.292 e. The van der Waals surface area contributed by atoms with Crippen LogP contribution in [-0.2, 0) is 0 Å². The van der Waals surface area contributed by atoms with Gasteiger partial charge in [-0.3, -0.25) is 9.78 Å². The minimum absolute atomic E-state index is 0.153. The molecule has 1 atom stereocenters. The van der Waals surface area contributed by atoms with Crippen LogP contribution in [0.25, 0.3) is 0 Å². The highest BCUT2D eigenvalue weighted by atomic mass is 35.5. The fraction of sp³-hybridized carbons (Fsp3) is 0.0714. The number of hydrogen-bond acceptors (Lipinski definition) is 3. The molecule has 1 aromatic heterocycles. The lowest BCUT2D eigenvalue weighted by molar-refractivity contribution is 0.0975. The number of halogens is 2. The van der Waals surface area contributed by atoms with E-state index in [0.717, 1.165) is 6.07 Å². The van der Waals surface area contributed by atoms with Gasteiger partial charge in [0.2, 0.25) is 0 Å². The summed E-state index contributed by atoms with van der Waals surface area (Å²) < 4.78 is 13.7. The van der Waals surface area contributed by atoms with Gasteiger partial charge in [0.1, 0.15) is 11.7 Å². The standard InChI is InChI=1S/C14H8ClFN2O/c15-10-3-4-11(13(16)6-10)14(19)12(7-17)9-2-1-5-18-8-9/h1-6,8,12H. The molecule has 0 saturated heterocycles. The van der Waals surface area contributed by atoms with Crippen molar-refractivity contribution in [1.82, 2.24) is 4.98 Å². The molecule has 0 aliphatic rings. The first-order chi connectivity index (χ1) is 9.13. The molecule has 0 amide bonds. The molecule has 94 valence electrons. The van der Waals surface area contributed by atoms with Crippen LogP contribution < -0.4 is 0 Å². The van der Waals surface area contributed by atoms with Gasteiger partial charge in [0, 0.05) is 17.4 Å². The topological polar surface area (TPSA) is 53.8 Å². The molecular weight excluding hydrogens is 267 g/mol. The van der Waals surface area contributed by atoms with Crippen molar-refractivity contribution < 1.29 is 9.18 Å². The van der Waals surface area contributed by atoms with E-state index in [1.807, 2.05) is 6.07 Å². The van der Waals surface area contributed by atoms with Gasteiger partial charge >= 0.3 is 0 Å². The van der Waals surface area contributed by atoms with Gasteiger partial charge in [0.05, 0.1) is 11.6 Å². The number of aromatic nitrogens is 1. The Morgan fingerprint density at radius 2 is 2.21 bits per heavy atom. The summed E-state index contributed by atoms with van der Waals surface area (Å²) in [6.45, 7) is 0. The number of pyridine rings is 1. The number of carbonyl (C=O) groups is 1. The van der Waals surface area contributed by atoms with Crippen LogP contribution in [0.15, 0.2) is 42.7 Å². The van der Waals surface area contributed by atoms with Crippen molar-refractivity contribution in [2.75, 3.05) is 0 Å². The number of ketones is 1. The SMILES string of the molecule is N#CC(C(=O)c1ccc(Cl)cc1F)c1cccnc1. The fourth-order valence-corrected chi connectivity index (χ4v) is 1.83. The average Bonchev–Trinajstić information content (AvgIpc) is 2.40. The van der Waals surface area contributed by atoms with E-state index in [4.69, 9.17) is 16.9 Å². The van der Waals surface area contributed by atoms with Crippen LogP contribution in [-0.4, -0.2) is 10.8 Å². The van der Waals surface area contributed by atoms with Crippen molar-refractivity contribution in [2.45, 2.75) is 5.92 Å². The Balaban J connectivity index is 2.40. The van der Waals surface area contributed by atoms with Crippen molar-refractivity contribution in [1.29, 1.82) is 5.26 Å². The van der Waals surface area contributed by atoms with E-state index in [9.17, 15) is 9.18 Å². The summed E-state index contributed by atoms with van der Waals surface area (Å²) in [5.74, 6) is -2.42. The van der Waals surface area contributed by atoms with E-state index in [-0.39, 0.29) is 10.6 Å². The van der Waals surface area contributed by atoms with Crippen LogP contribution in [0.2, 0.25) is 5.02 Å². The average molecular weight is 275 g/mol.